The molecule has 0 aliphatic rings. The highest BCUT2D eigenvalue weighted by Gasteiger charge is 2.15. The fraction of sp³-hybridized carbons (Fsp3) is 0.385. The van der Waals surface area contributed by atoms with E-state index >= 15 is 0 Å². The zero-order valence-electron chi connectivity index (χ0n) is 11.8. The second-order valence-corrected chi connectivity index (χ2v) is 4.25. The number of ether oxygens (including phenoxy) is 1. The summed E-state index contributed by atoms with van der Waals surface area (Å²) in [6, 6.07) is 3.09. The molecule has 0 radical (unpaired) electrons. The number of hydrogen-bond acceptors (Lipinski definition) is 5. The number of nitrogens with zero attached hydrogens (tertiary/aromatic N) is 1. The number of non-ortho nitro benzene ring substituents is 1. The van der Waals surface area contributed by atoms with Crippen molar-refractivity contribution in [3.05, 3.63) is 33.9 Å². The minimum atomic E-state index is -0.715. The summed E-state index contributed by atoms with van der Waals surface area (Å²) in [5.41, 5.74) is -0.157. The number of esters is 1. The summed E-state index contributed by atoms with van der Waals surface area (Å²) in [5.74, 6) is -0.715. The second-order valence-electron chi connectivity index (χ2n) is 4.25. The molecule has 2 amide bonds. The lowest BCUT2D eigenvalue weighted by Gasteiger charge is -2.08. The SMILES string of the molecule is CCCCNC(=O)Nc1cc(C(=O)OC)cc([N+](=O)[O-])c1. The fourth-order valence-corrected chi connectivity index (χ4v) is 1.58. The fourth-order valence-electron chi connectivity index (χ4n) is 1.58. The predicted octanol–water partition coefficient (Wildman–Crippen LogP) is 2.30. The Balaban J connectivity index is 2.90. The number of methoxy groups -OCH3 is 1. The Morgan fingerprint density at radius 3 is 2.62 bits per heavy atom. The maximum atomic E-state index is 11.6. The number of benzene rings is 1. The Hall–Kier alpha value is -2.64. The van der Waals surface area contributed by atoms with E-state index in [1.807, 2.05) is 6.92 Å². The molecule has 8 nitrogen and oxygen atoms in total. The van der Waals surface area contributed by atoms with Gasteiger partial charge in [0.05, 0.1) is 23.3 Å². The van der Waals surface area contributed by atoms with Gasteiger partial charge in [0.1, 0.15) is 0 Å². The number of nitrogens with one attached hydrogen (secondary N) is 2. The Bertz CT molecular complexity index is 545. The summed E-state index contributed by atoms with van der Waals surface area (Å²) < 4.78 is 4.52. The summed E-state index contributed by atoms with van der Waals surface area (Å²) in [4.78, 5) is 33.3. The van der Waals surface area contributed by atoms with Gasteiger partial charge in [-0.2, -0.15) is 0 Å². The van der Waals surface area contributed by atoms with Crippen LogP contribution in [0.2, 0.25) is 0 Å². The maximum Gasteiger partial charge on any atom is 0.338 e. The topological polar surface area (TPSA) is 111 Å². The number of amides is 2. The molecule has 114 valence electrons. The Kier molecular flexibility index (Phi) is 6.12. The van der Waals surface area contributed by atoms with Crippen LogP contribution in [-0.4, -0.2) is 30.6 Å². The van der Waals surface area contributed by atoms with Crippen molar-refractivity contribution in [1.82, 2.24) is 5.32 Å². The number of urea groups is 1. The number of hydrogen-bond donors (Lipinski definition) is 2. The highest BCUT2D eigenvalue weighted by molar-refractivity contribution is 5.94. The van der Waals surface area contributed by atoms with Crippen LogP contribution in [0, 0.1) is 10.1 Å². The van der Waals surface area contributed by atoms with Crippen LogP contribution in [-0.2, 0) is 4.74 Å². The smallest absolute Gasteiger partial charge is 0.338 e. The molecular weight excluding hydrogens is 278 g/mol. The molecule has 1 aromatic carbocycles. The normalized spacial score (nSPS) is 9.81. The third kappa shape index (κ3) is 5.09. The van der Waals surface area contributed by atoms with Gasteiger partial charge in [0, 0.05) is 18.7 Å². The van der Waals surface area contributed by atoms with Crippen molar-refractivity contribution in [3.63, 3.8) is 0 Å². The first-order chi connectivity index (χ1) is 9.97. The minimum absolute atomic E-state index is 0.00411. The lowest BCUT2D eigenvalue weighted by atomic mass is 10.1. The van der Waals surface area contributed by atoms with Gasteiger partial charge in [0.15, 0.2) is 0 Å². The molecule has 0 atom stereocenters. The summed E-state index contributed by atoms with van der Waals surface area (Å²) in [6.07, 6.45) is 1.76. The Labute approximate surface area is 121 Å². The number of nitro benzene ring substituents is 1. The molecule has 0 heterocycles. The van der Waals surface area contributed by atoms with E-state index in [1.165, 1.54) is 19.2 Å². The largest absolute Gasteiger partial charge is 0.465 e. The first-order valence-electron chi connectivity index (χ1n) is 6.40. The molecule has 0 saturated carbocycles. The number of nitro groups is 1. The predicted molar refractivity (Wildman–Crippen MR) is 76.4 cm³/mol. The van der Waals surface area contributed by atoms with Crippen molar-refractivity contribution in [2.45, 2.75) is 19.8 Å². The summed E-state index contributed by atoms with van der Waals surface area (Å²) in [6.45, 7) is 2.49. The van der Waals surface area contributed by atoms with Crippen LogP contribution in [0.5, 0.6) is 0 Å². The van der Waals surface area contributed by atoms with E-state index in [2.05, 4.69) is 15.4 Å². The van der Waals surface area contributed by atoms with Gasteiger partial charge in [-0.15, -0.1) is 0 Å². The molecule has 0 spiro atoms. The number of carbonyl (C=O) groups excluding carboxylic acids is 2. The average Bonchev–Trinajstić information content (AvgIpc) is 2.46. The van der Waals surface area contributed by atoms with Crippen molar-refractivity contribution in [3.8, 4) is 0 Å². The lowest BCUT2D eigenvalue weighted by molar-refractivity contribution is -0.384. The molecule has 1 rings (SSSR count). The third-order valence-corrected chi connectivity index (χ3v) is 2.62. The minimum Gasteiger partial charge on any atom is -0.465 e. The van der Waals surface area contributed by atoms with Crippen molar-refractivity contribution in [2.24, 2.45) is 0 Å². The van der Waals surface area contributed by atoms with Crippen LogP contribution in [0.1, 0.15) is 30.1 Å². The number of carbonyl (C=O) groups is 2. The van der Waals surface area contributed by atoms with Crippen LogP contribution in [0.3, 0.4) is 0 Å². The van der Waals surface area contributed by atoms with Gasteiger partial charge in [-0.05, 0) is 12.5 Å². The molecule has 0 aliphatic carbocycles. The molecule has 0 aliphatic heterocycles. The molecule has 0 saturated heterocycles. The standard InChI is InChI=1S/C13H17N3O5/c1-3-4-5-14-13(18)15-10-6-9(12(17)21-2)7-11(8-10)16(19)20/h6-8H,3-5H2,1-2H3,(H2,14,15,18). The monoisotopic (exact) mass is 295 g/mol. The van der Waals surface area contributed by atoms with Crippen LogP contribution in [0.15, 0.2) is 18.2 Å². The van der Waals surface area contributed by atoms with Crippen LogP contribution in [0.4, 0.5) is 16.2 Å². The highest BCUT2D eigenvalue weighted by Crippen LogP contribution is 2.21. The molecule has 1 aromatic rings. The van der Waals surface area contributed by atoms with E-state index in [4.69, 9.17) is 0 Å². The van der Waals surface area contributed by atoms with Gasteiger partial charge < -0.3 is 15.4 Å². The van der Waals surface area contributed by atoms with E-state index in [0.717, 1.165) is 18.9 Å². The summed E-state index contributed by atoms with van der Waals surface area (Å²) in [7, 11) is 1.17. The van der Waals surface area contributed by atoms with Gasteiger partial charge in [0.2, 0.25) is 0 Å². The van der Waals surface area contributed by atoms with Crippen molar-refractivity contribution in [2.75, 3.05) is 19.0 Å². The quantitative estimate of drug-likeness (QED) is 0.362. The zero-order valence-corrected chi connectivity index (χ0v) is 11.8. The van der Waals surface area contributed by atoms with Crippen LogP contribution < -0.4 is 10.6 Å². The maximum absolute atomic E-state index is 11.6. The molecule has 2 N–H and O–H groups in total. The van der Waals surface area contributed by atoms with Crippen molar-refractivity contribution < 1.29 is 19.2 Å². The van der Waals surface area contributed by atoms with E-state index in [9.17, 15) is 19.7 Å². The van der Waals surface area contributed by atoms with Crippen LogP contribution in [0.25, 0.3) is 0 Å². The number of unbranched alkanes of at least 4 members (excludes halogenated alkanes) is 1. The number of anilines is 1. The van der Waals surface area contributed by atoms with Gasteiger partial charge in [-0.25, -0.2) is 9.59 Å². The Morgan fingerprint density at radius 1 is 1.33 bits per heavy atom. The van der Waals surface area contributed by atoms with Gasteiger partial charge in [-0.1, -0.05) is 13.3 Å². The van der Waals surface area contributed by atoms with E-state index in [1.54, 1.807) is 0 Å². The van der Waals surface area contributed by atoms with Gasteiger partial charge in [0.25, 0.3) is 5.69 Å². The summed E-state index contributed by atoms with van der Waals surface area (Å²) >= 11 is 0. The van der Waals surface area contributed by atoms with Crippen LogP contribution >= 0.6 is 0 Å². The van der Waals surface area contributed by atoms with E-state index in [-0.39, 0.29) is 16.9 Å². The van der Waals surface area contributed by atoms with Gasteiger partial charge >= 0.3 is 12.0 Å². The molecule has 21 heavy (non-hydrogen) atoms. The lowest BCUT2D eigenvalue weighted by Crippen LogP contribution is -2.29. The van der Waals surface area contributed by atoms with Crippen molar-refractivity contribution in [1.29, 1.82) is 0 Å². The molecule has 0 fully saturated rings. The first-order valence-corrected chi connectivity index (χ1v) is 6.40. The molecule has 0 bridgehead atoms. The molecule has 0 unspecified atom stereocenters. The first kappa shape index (κ1) is 16.4. The zero-order chi connectivity index (χ0) is 15.8. The number of rotatable bonds is 6. The van der Waals surface area contributed by atoms with E-state index in [0.29, 0.717) is 6.54 Å². The van der Waals surface area contributed by atoms with Gasteiger partial charge in [-0.3, -0.25) is 10.1 Å². The second kappa shape index (κ2) is 7.83. The highest BCUT2D eigenvalue weighted by atomic mass is 16.6. The van der Waals surface area contributed by atoms with E-state index < -0.39 is 16.9 Å². The molecule has 8 heteroatoms. The third-order valence-electron chi connectivity index (χ3n) is 2.62. The average molecular weight is 295 g/mol. The summed E-state index contributed by atoms with van der Waals surface area (Å²) in [5, 5.41) is 15.9. The molecular formula is C13H17N3O5. The van der Waals surface area contributed by atoms with Crippen molar-refractivity contribution >= 4 is 23.4 Å². The molecule has 0 aromatic heterocycles. The Morgan fingerprint density at radius 2 is 2.05 bits per heavy atom.